The molecule has 1 heterocycles. The largest absolute Gasteiger partial charge is 0.508 e. The average molecular weight is 344 g/mol. The number of benzene rings is 1. The van der Waals surface area contributed by atoms with Crippen LogP contribution in [0.3, 0.4) is 0 Å². The lowest BCUT2D eigenvalue weighted by molar-refractivity contribution is -0.148. The summed E-state index contributed by atoms with van der Waals surface area (Å²) < 4.78 is 36.9. The first kappa shape index (κ1) is 17.7. The van der Waals surface area contributed by atoms with E-state index in [2.05, 4.69) is 4.72 Å². The van der Waals surface area contributed by atoms with E-state index < -0.39 is 22.0 Å². The number of morpholine rings is 1. The standard InChI is InChI=1S/C14H20N2O6S/c1-21-14(18)13(16-6-8-22-9-7-16)10-15-23(19,20)12-4-2-11(17)3-5-12/h2-5,13,15,17H,6-10H2,1H3. The average Bonchev–Trinajstić information content (AvgIpc) is 2.56. The molecule has 1 saturated heterocycles. The third-order valence-corrected chi connectivity index (χ3v) is 5.01. The highest BCUT2D eigenvalue weighted by molar-refractivity contribution is 7.89. The molecule has 1 aromatic rings. The predicted octanol–water partition coefficient (Wildman–Crippen LogP) is -0.456. The lowest BCUT2D eigenvalue weighted by Gasteiger charge is -2.32. The van der Waals surface area contributed by atoms with Crippen LogP contribution < -0.4 is 4.72 Å². The van der Waals surface area contributed by atoms with Gasteiger partial charge in [-0.25, -0.2) is 13.1 Å². The number of nitrogens with zero attached hydrogens (tertiary/aromatic N) is 1. The Balaban J connectivity index is 2.07. The third-order valence-electron chi connectivity index (χ3n) is 3.57. The van der Waals surface area contributed by atoms with Gasteiger partial charge in [0.25, 0.3) is 0 Å². The molecule has 0 amide bonds. The molecule has 1 atom stereocenters. The topological polar surface area (TPSA) is 105 Å². The predicted molar refractivity (Wildman–Crippen MR) is 81.5 cm³/mol. The Hall–Kier alpha value is -1.68. The maximum absolute atomic E-state index is 12.3. The van der Waals surface area contributed by atoms with Gasteiger partial charge in [-0.1, -0.05) is 0 Å². The summed E-state index contributed by atoms with van der Waals surface area (Å²) in [5, 5.41) is 9.22. The van der Waals surface area contributed by atoms with Gasteiger partial charge in [0.1, 0.15) is 11.8 Å². The van der Waals surface area contributed by atoms with Gasteiger partial charge in [0.2, 0.25) is 10.0 Å². The molecule has 2 rings (SSSR count). The maximum atomic E-state index is 12.3. The van der Waals surface area contributed by atoms with E-state index in [-0.39, 0.29) is 17.2 Å². The first-order chi connectivity index (χ1) is 10.9. The number of hydrogen-bond acceptors (Lipinski definition) is 7. The molecule has 0 bridgehead atoms. The zero-order chi connectivity index (χ0) is 16.9. The molecule has 0 aromatic heterocycles. The molecule has 128 valence electrons. The van der Waals surface area contributed by atoms with Gasteiger partial charge in [-0.3, -0.25) is 9.69 Å². The number of carbonyl (C=O) groups is 1. The molecule has 1 fully saturated rings. The van der Waals surface area contributed by atoms with Crippen molar-refractivity contribution in [2.75, 3.05) is 40.0 Å². The minimum absolute atomic E-state index is 0.0147. The maximum Gasteiger partial charge on any atom is 0.324 e. The van der Waals surface area contributed by atoms with Crippen LogP contribution in [0.15, 0.2) is 29.2 Å². The van der Waals surface area contributed by atoms with E-state index in [0.29, 0.717) is 26.3 Å². The molecule has 9 heteroatoms. The summed E-state index contributed by atoms with van der Waals surface area (Å²) in [6.45, 7) is 1.92. The molecule has 23 heavy (non-hydrogen) atoms. The molecule has 8 nitrogen and oxygen atoms in total. The Morgan fingerprint density at radius 3 is 2.52 bits per heavy atom. The van der Waals surface area contributed by atoms with Crippen molar-refractivity contribution in [3.63, 3.8) is 0 Å². The lowest BCUT2D eigenvalue weighted by Crippen LogP contribution is -2.52. The Labute approximate surface area is 135 Å². The molecule has 1 aromatic carbocycles. The second-order valence-corrected chi connectivity index (χ2v) is 6.80. The first-order valence-electron chi connectivity index (χ1n) is 7.12. The van der Waals surface area contributed by atoms with E-state index in [1.54, 1.807) is 0 Å². The Morgan fingerprint density at radius 2 is 1.96 bits per heavy atom. The number of phenolic OH excluding ortho intramolecular Hbond substituents is 1. The second-order valence-electron chi connectivity index (χ2n) is 5.03. The number of rotatable bonds is 6. The third kappa shape index (κ3) is 4.64. The summed E-state index contributed by atoms with van der Waals surface area (Å²) in [6.07, 6.45) is 0. The van der Waals surface area contributed by atoms with Gasteiger partial charge in [0, 0.05) is 19.6 Å². The molecule has 1 aliphatic heterocycles. The molecule has 2 N–H and O–H groups in total. The van der Waals surface area contributed by atoms with Crippen LogP contribution in [0.5, 0.6) is 5.75 Å². The summed E-state index contributed by atoms with van der Waals surface area (Å²) in [7, 11) is -2.51. The lowest BCUT2D eigenvalue weighted by atomic mass is 10.2. The molecule has 0 spiro atoms. The van der Waals surface area contributed by atoms with Gasteiger partial charge in [0.05, 0.1) is 25.2 Å². The number of nitrogens with one attached hydrogen (secondary N) is 1. The van der Waals surface area contributed by atoms with Crippen LogP contribution in [0.2, 0.25) is 0 Å². The van der Waals surface area contributed by atoms with Gasteiger partial charge in [-0.2, -0.15) is 0 Å². The minimum Gasteiger partial charge on any atom is -0.508 e. The zero-order valence-electron chi connectivity index (χ0n) is 12.8. The smallest absolute Gasteiger partial charge is 0.324 e. The van der Waals surface area contributed by atoms with E-state index in [4.69, 9.17) is 9.47 Å². The summed E-state index contributed by atoms with van der Waals surface area (Å²) in [5.41, 5.74) is 0. The van der Waals surface area contributed by atoms with Crippen molar-refractivity contribution >= 4 is 16.0 Å². The Morgan fingerprint density at radius 1 is 1.35 bits per heavy atom. The summed E-state index contributed by atoms with van der Waals surface area (Å²) in [6, 6.07) is 4.44. The van der Waals surface area contributed by atoms with Crippen molar-refractivity contribution in [1.82, 2.24) is 9.62 Å². The van der Waals surface area contributed by atoms with Crippen LogP contribution in [0, 0.1) is 0 Å². The number of methoxy groups -OCH3 is 1. The quantitative estimate of drug-likeness (QED) is 0.673. The summed E-state index contributed by atoms with van der Waals surface area (Å²) in [4.78, 5) is 13.8. The van der Waals surface area contributed by atoms with Gasteiger partial charge >= 0.3 is 5.97 Å². The van der Waals surface area contributed by atoms with Crippen LogP contribution in [0.1, 0.15) is 0 Å². The van der Waals surface area contributed by atoms with Crippen LogP contribution >= 0.6 is 0 Å². The Bertz CT molecular complexity index is 625. The Kier molecular flexibility index (Phi) is 5.94. The first-order valence-corrected chi connectivity index (χ1v) is 8.60. The number of sulfonamides is 1. The van der Waals surface area contributed by atoms with E-state index in [1.807, 2.05) is 4.90 Å². The molecule has 1 unspecified atom stereocenters. The number of carbonyl (C=O) groups excluding carboxylic acids is 1. The van der Waals surface area contributed by atoms with Crippen molar-refractivity contribution in [2.24, 2.45) is 0 Å². The van der Waals surface area contributed by atoms with E-state index >= 15 is 0 Å². The van der Waals surface area contributed by atoms with Crippen LogP contribution in [-0.2, 0) is 24.3 Å². The highest BCUT2D eigenvalue weighted by Gasteiger charge is 2.29. The van der Waals surface area contributed by atoms with Crippen LogP contribution in [0.25, 0.3) is 0 Å². The fourth-order valence-electron chi connectivity index (χ4n) is 2.28. The van der Waals surface area contributed by atoms with Crippen molar-refractivity contribution in [2.45, 2.75) is 10.9 Å². The number of ether oxygens (including phenoxy) is 2. The van der Waals surface area contributed by atoms with Crippen molar-refractivity contribution in [3.8, 4) is 5.75 Å². The summed E-state index contributed by atoms with van der Waals surface area (Å²) in [5.74, 6) is -0.523. The fourth-order valence-corrected chi connectivity index (χ4v) is 3.32. The summed E-state index contributed by atoms with van der Waals surface area (Å²) >= 11 is 0. The van der Waals surface area contributed by atoms with E-state index in [9.17, 15) is 18.3 Å². The van der Waals surface area contributed by atoms with Crippen molar-refractivity contribution in [3.05, 3.63) is 24.3 Å². The van der Waals surface area contributed by atoms with Crippen LogP contribution in [-0.4, -0.2) is 70.4 Å². The monoisotopic (exact) mass is 344 g/mol. The van der Waals surface area contributed by atoms with Gasteiger partial charge in [-0.05, 0) is 24.3 Å². The van der Waals surface area contributed by atoms with E-state index in [0.717, 1.165) is 0 Å². The van der Waals surface area contributed by atoms with Gasteiger partial charge < -0.3 is 14.6 Å². The SMILES string of the molecule is COC(=O)C(CNS(=O)(=O)c1ccc(O)cc1)N1CCOCC1. The second kappa shape index (κ2) is 7.73. The molecule has 0 radical (unpaired) electrons. The number of aromatic hydroxyl groups is 1. The van der Waals surface area contributed by atoms with Gasteiger partial charge in [-0.15, -0.1) is 0 Å². The van der Waals surface area contributed by atoms with Crippen LogP contribution in [0.4, 0.5) is 0 Å². The fraction of sp³-hybridized carbons (Fsp3) is 0.500. The van der Waals surface area contributed by atoms with E-state index in [1.165, 1.54) is 31.4 Å². The molecular weight excluding hydrogens is 324 g/mol. The van der Waals surface area contributed by atoms with Crippen molar-refractivity contribution in [1.29, 1.82) is 0 Å². The van der Waals surface area contributed by atoms with Gasteiger partial charge in [0.15, 0.2) is 0 Å². The highest BCUT2D eigenvalue weighted by Crippen LogP contribution is 2.14. The highest BCUT2D eigenvalue weighted by atomic mass is 32.2. The number of hydrogen-bond donors (Lipinski definition) is 2. The molecule has 1 aliphatic rings. The minimum atomic E-state index is -3.78. The zero-order valence-corrected chi connectivity index (χ0v) is 13.6. The number of esters is 1. The molecule has 0 saturated carbocycles. The van der Waals surface area contributed by atoms with Crippen molar-refractivity contribution < 1.29 is 27.8 Å². The number of phenols is 1. The normalized spacial score (nSPS) is 17.6. The molecule has 0 aliphatic carbocycles. The molecular formula is C14H20N2O6S.